The first-order chi connectivity index (χ1) is 7.52. The average molecular weight is 257 g/mol. The Labute approximate surface area is 101 Å². The zero-order valence-electron chi connectivity index (χ0n) is 11.2. The van der Waals surface area contributed by atoms with Crippen LogP contribution >= 0.6 is 0 Å². The summed E-state index contributed by atoms with van der Waals surface area (Å²) in [6.45, 7) is 9.73. The summed E-state index contributed by atoms with van der Waals surface area (Å²) >= 11 is 0. The van der Waals surface area contributed by atoms with Crippen LogP contribution in [0.25, 0.3) is 0 Å². The second kappa shape index (κ2) is 7.40. The predicted molar refractivity (Wildman–Crippen MR) is 60.8 cm³/mol. The van der Waals surface area contributed by atoms with Crippen LogP contribution in [-0.4, -0.2) is 24.9 Å². The lowest BCUT2D eigenvalue weighted by atomic mass is 9.88. The van der Waals surface area contributed by atoms with E-state index in [2.05, 4.69) is 10.1 Å². The highest BCUT2D eigenvalue weighted by Gasteiger charge is 2.30. The molecule has 1 unspecified atom stereocenters. The highest BCUT2D eigenvalue weighted by Crippen LogP contribution is 2.19. The fourth-order valence-electron chi connectivity index (χ4n) is 0.582. The van der Waals surface area contributed by atoms with Crippen molar-refractivity contribution in [3.63, 3.8) is 0 Å². The van der Waals surface area contributed by atoms with Crippen LogP contribution in [0.3, 0.4) is 0 Å². The standard InChI is InChI=1S/C9H16F3NO2.C2H6/c1-6(8(2,3)4)13-7(14)15-5-9(10,11)12;1-2/h6H,5H2,1-4H3,(H,13,14);1-2H3. The Kier molecular flexibility index (Phi) is 8.02. The summed E-state index contributed by atoms with van der Waals surface area (Å²) in [7, 11) is 0. The highest BCUT2D eigenvalue weighted by atomic mass is 19.4. The van der Waals surface area contributed by atoms with Gasteiger partial charge < -0.3 is 10.1 Å². The molecular formula is C11H22F3NO2. The molecule has 0 aromatic heterocycles. The van der Waals surface area contributed by atoms with Gasteiger partial charge >= 0.3 is 12.3 Å². The molecule has 104 valence electrons. The van der Waals surface area contributed by atoms with Gasteiger partial charge in [-0.1, -0.05) is 34.6 Å². The third kappa shape index (κ3) is 11.3. The first-order valence-corrected chi connectivity index (χ1v) is 5.52. The number of rotatable bonds is 2. The van der Waals surface area contributed by atoms with Gasteiger partial charge in [-0.3, -0.25) is 0 Å². The minimum absolute atomic E-state index is 0.225. The van der Waals surface area contributed by atoms with Crippen LogP contribution in [0.4, 0.5) is 18.0 Å². The summed E-state index contributed by atoms with van der Waals surface area (Å²) in [6, 6.07) is -0.266. The SMILES string of the molecule is CC.CC(NC(=O)OCC(F)(F)F)C(C)(C)C. The Morgan fingerprint density at radius 1 is 1.24 bits per heavy atom. The van der Waals surface area contributed by atoms with E-state index in [-0.39, 0.29) is 11.5 Å². The first kappa shape index (κ1) is 18.4. The molecule has 0 fully saturated rings. The summed E-state index contributed by atoms with van der Waals surface area (Å²) in [6.07, 6.45) is -5.53. The van der Waals surface area contributed by atoms with Crippen LogP contribution in [0.5, 0.6) is 0 Å². The van der Waals surface area contributed by atoms with Crippen molar-refractivity contribution in [1.29, 1.82) is 0 Å². The number of alkyl halides is 3. The topological polar surface area (TPSA) is 38.3 Å². The molecule has 0 aromatic rings. The molecule has 1 N–H and O–H groups in total. The van der Waals surface area contributed by atoms with Crippen molar-refractivity contribution in [2.24, 2.45) is 5.41 Å². The van der Waals surface area contributed by atoms with Gasteiger partial charge in [0, 0.05) is 6.04 Å². The van der Waals surface area contributed by atoms with Crippen molar-refractivity contribution in [2.75, 3.05) is 6.61 Å². The maximum absolute atomic E-state index is 11.7. The van der Waals surface area contributed by atoms with E-state index in [9.17, 15) is 18.0 Å². The fraction of sp³-hybridized carbons (Fsp3) is 0.909. The molecule has 0 saturated heterocycles. The molecule has 0 spiro atoms. The maximum atomic E-state index is 11.7. The number of ether oxygens (including phenoxy) is 1. The molecule has 0 aliphatic heterocycles. The molecule has 0 heterocycles. The number of carbonyl (C=O) groups is 1. The number of carbonyl (C=O) groups excluding carboxylic acids is 1. The molecule has 0 radical (unpaired) electrons. The van der Waals surface area contributed by atoms with E-state index in [0.29, 0.717) is 0 Å². The maximum Gasteiger partial charge on any atom is 0.422 e. The molecule has 0 saturated carbocycles. The zero-order valence-corrected chi connectivity index (χ0v) is 11.2. The van der Waals surface area contributed by atoms with E-state index < -0.39 is 18.9 Å². The molecule has 0 aromatic carbocycles. The lowest BCUT2D eigenvalue weighted by molar-refractivity contribution is -0.160. The lowest BCUT2D eigenvalue weighted by Gasteiger charge is -2.27. The number of halogens is 3. The molecular weight excluding hydrogens is 235 g/mol. The zero-order chi connectivity index (χ0) is 14.3. The first-order valence-electron chi connectivity index (χ1n) is 5.52. The Hall–Kier alpha value is -0.940. The summed E-state index contributed by atoms with van der Waals surface area (Å²) in [5.74, 6) is 0. The molecule has 0 bridgehead atoms. The Bertz CT molecular complexity index is 222. The smallest absolute Gasteiger partial charge is 0.422 e. The second-order valence-corrected chi connectivity index (χ2v) is 4.42. The molecule has 1 amide bonds. The van der Waals surface area contributed by atoms with Gasteiger partial charge in [-0.2, -0.15) is 13.2 Å². The summed E-state index contributed by atoms with van der Waals surface area (Å²) in [4.78, 5) is 10.9. The normalized spacial score (nSPS) is 13.2. The van der Waals surface area contributed by atoms with Crippen LogP contribution in [0.1, 0.15) is 41.5 Å². The van der Waals surface area contributed by atoms with Crippen molar-refractivity contribution in [3.05, 3.63) is 0 Å². The van der Waals surface area contributed by atoms with Crippen LogP contribution in [-0.2, 0) is 4.74 Å². The van der Waals surface area contributed by atoms with E-state index in [4.69, 9.17) is 0 Å². The van der Waals surface area contributed by atoms with Gasteiger partial charge in [-0.25, -0.2) is 4.79 Å². The van der Waals surface area contributed by atoms with Crippen LogP contribution in [0.2, 0.25) is 0 Å². The monoisotopic (exact) mass is 257 g/mol. The molecule has 0 rings (SSSR count). The minimum Gasteiger partial charge on any atom is -0.440 e. The third-order valence-electron chi connectivity index (χ3n) is 2.00. The highest BCUT2D eigenvalue weighted by molar-refractivity contribution is 5.67. The van der Waals surface area contributed by atoms with Gasteiger partial charge in [0.15, 0.2) is 6.61 Å². The van der Waals surface area contributed by atoms with Crippen molar-refractivity contribution in [2.45, 2.75) is 53.8 Å². The number of hydrogen-bond acceptors (Lipinski definition) is 2. The molecule has 17 heavy (non-hydrogen) atoms. The quantitative estimate of drug-likeness (QED) is 0.818. The Morgan fingerprint density at radius 3 is 1.94 bits per heavy atom. The third-order valence-corrected chi connectivity index (χ3v) is 2.00. The average Bonchev–Trinajstić information content (AvgIpc) is 2.15. The number of hydrogen-bond donors (Lipinski definition) is 1. The lowest BCUT2D eigenvalue weighted by Crippen LogP contribution is -2.42. The molecule has 0 aliphatic carbocycles. The molecule has 0 aliphatic rings. The number of nitrogens with one attached hydrogen (secondary N) is 1. The van der Waals surface area contributed by atoms with Crippen molar-refractivity contribution >= 4 is 6.09 Å². The van der Waals surface area contributed by atoms with Crippen LogP contribution in [0, 0.1) is 5.41 Å². The van der Waals surface area contributed by atoms with Gasteiger partial charge in [-0.15, -0.1) is 0 Å². The molecule has 1 atom stereocenters. The predicted octanol–water partition coefficient (Wildman–Crippen LogP) is 3.74. The van der Waals surface area contributed by atoms with Crippen LogP contribution < -0.4 is 5.32 Å². The second-order valence-electron chi connectivity index (χ2n) is 4.42. The van der Waals surface area contributed by atoms with Crippen molar-refractivity contribution < 1.29 is 22.7 Å². The Balaban J connectivity index is 0. The van der Waals surface area contributed by atoms with E-state index in [1.807, 2.05) is 34.6 Å². The molecule has 6 heteroatoms. The largest absolute Gasteiger partial charge is 0.440 e. The Morgan fingerprint density at radius 2 is 1.65 bits per heavy atom. The minimum atomic E-state index is -4.48. The summed E-state index contributed by atoms with van der Waals surface area (Å²) in [5, 5.41) is 2.33. The van der Waals surface area contributed by atoms with Gasteiger partial charge in [0.2, 0.25) is 0 Å². The van der Waals surface area contributed by atoms with Crippen LogP contribution in [0.15, 0.2) is 0 Å². The van der Waals surface area contributed by atoms with E-state index in [0.717, 1.165) is 0 Å². The summed E-state index contributed by atoms with van der Waals surface area (Å²) in [5.41, 5.74) is -0.225. The van der Waals surface area contributed by atoms with E-state index in [1.54, 1.807) is 6.92 Å². The number of alkyl carbamates (subject to hydrolysis) is 1. The van der Waals surface area contributed by atoms with E-state index in [1.165, 1.54) is 0 Å². The van der Waals surface area contributed by atoms with Gasteiger partial charge in [0.1, 0.15) is 0 Å². The van der Waals surface area contributed by atoms with E-state index >= 15 is 0 Å². The fourth-order valence-corrected chi connectivity index (χ4v) is 0.582. The van der Waals surface area contributed by atoms with Crippen molar-refractivity contribution in [3.8, 4) is 0 Å². The van der Waals surface area contributed by atoms with Gasteiger partial charge in [-0.05, 0) is 12.3 Å². The summed E-state index contributed by atoms with van der Waals surface area (Å²) < 4.78 is 39.0. The molecule has 3 nitrogen and oxygen atoms in total. The van der Waals surface area contributed by atoms with Gasteiger partial charge in [0.25, 0.3) is 0 Å². The van der Waals surface area contributed by atoms with Gasteiger partial charge in [0.05, 0.1) is 0 Å². The van der Waals surface area contributed by atoms with Crippen molar-refractivity contribution in [1.82, 2.24) is 5.32 Å². The number of amides is 1.